The van der Waals surface area contributed by atoms with E-state index in [4.69, 9.17) is 5.11 Å². The molecule has 0 heterocycles. The fraction of sp³-hybridized carbons (Fsp3) is 1.00. The first-order chi connectivity index (χ1) is 4.42. The lowest BCUT2D eigenvalue weighted by molar-refractivity contribution is 0.164. The van der Waals surface area contributed by atoms with Crippen LogP contribution in [0.5, 0.6) is 0 Å². The molecule has 0 amide bonds. The number of aliphatic hydroxyl groups is 1. The van der Waals surface area contributed by atoms with Crippen molar-refractivity contribution >= 4 is 11.8 Å². The first kappa shape index (κ1) is 10.3. The van der Waals surface area contributed by atoms with Crippen molar-refractivity contribution in [1.82, 2.24) is 5.32 Å². The summed E-state index contributed by atoms with van der Waals surface area (Å²) in [5.74, 6) is 0.807. The molecule has 0 aromatic rings. The van der Waals surface area contributed by atoms with Gasteiger partial charge in [-0.1, -0.05) is 20.8 Å². The van der Waals surface area contributed by atoms with Gasteiger partial charge in [-0.05, 0) is 6.92 Å². The van der Waals surface area contributed by atoms with E-state index in [0.29, 0.717) is 0 Å². The standard InChI is InChI=1S/C7H17NOS/c1-6(9)8-5-10-7(2,3)4/h6,8-9H,5H2,1-4H3. The quantitative estimate of drug-likeness (QED) is 0.617. The third kappa shape index (κ3) is 8.27. The van der Waals surface area contributed by atoms with E-state index in [9.17, 15) is 0 Å². The molecule has 0 fully saturated rings. The van der Waals surface area contributed by atoms with Crippen LogP contribution in [0.1, 0.15) is 27.7 Å². The zero-order chi connectivity index (χ0) is 8.20. The van der Waals surface area contributed by atoms with E-state index in [1.54, 1.807) is 18.7 Å². The van der Waals surface area contributed by atoms with Crippen LogP contribution in [-0.4, -0.2) is 22.0 Å². The van der Waals surface area contributed by atoms with Gasteiger partial charge in [0, 0.05) is 10.6 Å². The van der Waals surface area contributed by atoms with Crippen molar-refractivity contribution in [2.75, 3.05) is 5.88 Å². The molecule has 10 heavy (non-hydrogen) atoms. The highest BCUT2D eigenvalue weighted by Gasteiger charge is 2.09. The Bertz CT molecular complexity index is 88.1. The minimum absolute atomic E-state index is 0.280. The fourth-order valence-electron chi connectivity index (χ4n) is 0.379. The van der Waals surface area contributed by atoms with Gasteiger partial charge in [-0.2, -0.15) is 0 Å². The van der Waals surface area contributed by atoms with E-state index in [1.165, 1.54) is 0 Å². The third-order valence-corrected chi connectivity index (χ3v) is 2.06. The summed E-state index contributed by atoms with van der Waals surface area (Å²) < 4.78 is 0.280. The van der Waals surface area contributed by atoms with Crippen molar-refractivity contribution < 1.29 is 5.11 Å². The highest BCUT2D eigenvalue weighted by atomic mass is 32.2. The molecular weight excluding hydrogens is 146 g/mol. The Hall–Kier alpha value is 0.270. The van der Waals surface area contributed by atoms with Gasteiger partial charge in [0.2, 0.25) is 0 Å². The van der Waals surface area contributed by atoms with Crippen LogP contribution in [0.3, 0.4) is 0 Å². The molecule has 0 saturated carbocycles. The summed E-state index contributed by atoms with van der Waals surface area (Å²) >= 11 is 1.79. The molecule has 0 aromatic heterocycles. The predicted molar refractivity (Wildman–Crippen MR) is 47.0 cm³/mol. The number of hydrogen-bond acceptors (Lipinski definition) is 3. The SMILES string of the molecule is CC(O)NCSC(C)(C)C. The molecule has 2 N–H and O–H groups in total. The maximum absolute atomic E-state index is 8.82. The molecule has 62 valence electrons. The van der Waals surface area contributed by atoms with Crippen molar-refractivity contribution in [3.63, 3.8) is 0 Å². The molecule has 1 atom stereocenters. The van der Waals surface area contributed by atoms with Crippen molar-refractivity contribution in [2.45, 2.75) is 38.7 Å². The zero-order valence-corrected chi connectivity index (χ0v) is 7.96. The molecule has 3 heteroatoms. The second-order valence-electron chi connectivity index (χ2n) is 3.28. The minimum atomic E-state index is -0.394. The maximum atomic E-state index is 8.82. The maximum Gasteiger partial charge on any atom is 0.102 e. The van der Waals surface area contributed by atoms with Gasteiger partial charge in [0.1, 0.15) is 6.23 Å². The van der Waals surface area contributed by atoms with Gasteiger partial charge in [-0.25, -0.2) is 0 Å². The topological polar surface area (TPSA) is 32.3 Å². The van der Waals surface area contributed by atoms with E-state index in [1.807, 2.05) is 0 Å². The lowest BCUT2D eigenvalue weighted by Gasteiger charge is -2.18. The normalized spacial score (nSPS) is 15.3. The number of thioether (sulfide) groups is 1. The van der Waals surface area contributed by atoms with Gasteiger partial charge in [0.25, 0.3) is 0 Å². The number of rotatable bonds is 3. The molecule has 0 saturated heterocycles. The number of aliphatic hydroxyl groups excluding tert-OH is 1. The molecule has 0 rings (SSSR count). The summed E-state index contributed by atoms with van der Waals surface area (Å²) in [4.78, 5) is 0. The van der Waals surface area contributed by atoms with Gasteiger partial charge in [-0.15, -0.1) is 11.8 Å². The molecule has 2 nitrogen and oxygen atoms in total. The second kappa shape index (κ2) is 4.21. The van der Waals surface area contributed by atoms with E-state index < -0.39 is 6.23 Å². The molecule has 0 aliphatic rings. The smallest absolute Gasteiger partial charge is 0.102 e. The number of nitrogens with one attached hydrogen (secondary N) is 1. The largest absolute Gasteiger partial charge is 0.379 e. The lowest BCUT2D eigenvalue weighted by Crippen LogP contribution is -2.27. The molecular formula is C7H17NOS. The molecule has 0 aliphatic carbocycles. The zero-order valence-electron chi connectivity index (χ0n) is 7.14. The second-order valence-corrected chi connectivity index (χ2v) is 5.08. The Morgan fingerprint density at radius 3 is 2.30 bits per heavy atom. The summed E-state index contributed by atoms with van der Waals surface area (Å²) in [5.41, 5.74) is 0. The summed E-state index contributed by atoms with van der Waals surface area (Å²) in [5, 5.41) is 11.7. The Balaban J connectivity index is 3.21. The van der Waals surface area contributed by atoms with E-state index in [2.05, 4.69) is 26.1 Å². The Morgan fingerprint density at radius 2 is 2.00 bits per heavy atom. The van der Waals surface area contributed by atoms with Crippen LogP contribution in [0.2, 0.25) is 0 Å². The van der Waals surface area contributed by atoms with Crippen LogP contribution < -0.4 is 5.32 Å². The molecule has 0 spiro atoms. The molecule has 0 radical (unpaired) electrons. The van der Waals surface area contributed by atoms with Crippen LogP contribution in [-0.2, 0) is 0 Å². The summed E-state index contributed by atoms with van der Waals surface area (Å²) in [6, 6.07) is 0. The first-order valence-electron chi connectivity index (χ1n) is 3.47. The van der Waals surface area contributed by atoms with Crippen LogP contribution in [0.15, 0.2) is 0 Å². The lowest BCUT2D eigenvalue weighted by atomic mass is 10.3. The Kier molecular flexibility index (Phi) is 4.32. The highest BCUT2D eigenvalue weighted by molar-refractivity contribution is 8.00. The van der Waals surface area contributed by atoms with Gasteiger partial charge in [0.05, 0.1) is 0 Å². The average molecular weight is 163 g/mol. The predicted octanol–water partition coefficient (Wildman–Crippen LogP) is 1.40. The average Bonchev–Trinajstić information content (AvgIpc) is 1.59. The Labute approximate surface area is 67.4 Å². The summed E-state index contributed by atoms with van der Waals surface area (Å²) in [6.45, 7) is 8.19. The molecule has 1 unspecified atom stereocenters. The van der Waals surface area contributed by atoms with Crippen LogP contribution in [0, 0.1) is 0 Å². The molecule has 0 aliphatic heterocycles. The van der Waals surface area contributed by atoms with Crippen molar-refractivity contribution in [2.24, 2.45) is 0 Å². The van der Waals surface area contributed by atoms with Crippen molar-refractivity contribution in [3.8, 4) is 0 Å². The third-order valence-electron chi connectivity index (χ3n) is 0.884. The van der Waals surface area contributed by atoms with Crippen molar-refractivity contribution in [1.29, 1.82) is 0 Å². The van der Waals surface area contributed by atoms with Gasteiger partial charge in [0.15, 0.2) is 0 Å². The van der Waals surface area contributed by atoms with Gasteiger partial charge in [-0.3, -0.25) is 5.32 Å². The van der Waals surface area contributed by atoms with E-state index >= 15 is 0 Å². The van der Waals surface area contributed by atoms with E-state index in [-0.39, 0.29) is 4.75 Å². The van der Waals surface area contributed by atoms with Crippen LogP contribution in [0.25, 0.3) is 0 Å². The van der Waals surface area contributed by atoms with Gasteiger partial charge < -0.3 is 5.11 Å². The monoisotopic (exact) mass is 163 g/mol. The molecule has 0 bridgehead atoms. The van der Waals surface area contributed by atoms with Gasteiger partial charge >= 0.3 is 0 Å². The summed E-state index contributed by atoms with van der Waals surface area (Å²) in [7, 11) is 0. The van der Waals surface area contributed by atoms with E-state index in [0.717, 1.165) is 5.88 Å². The van der Waals surface area contributed by atoms with Crippen LogP contribution >= 0.6 is 11.8 Å². The first-order valence-corrected chi connectivity index (χ1v) is 4.46. The summed E-state index contributed by atoms with van der Waals surface area (Å²) in [6.07, 6.45) is -0.394. The molecule has 0 aromatic carbocycles. The number of hydrogen-bond donors (Lipinski definition) is 2. The highest BCUT2D eigenvalue weighted by Crippen LogP contribution is 2.21. The fourth-order valence-corrected chi connectivity index (χ4v) is 1.14. The van der Waals surface area contributed by atoms with Crippen molar-refractivity contribution in [3.05, 3.63) is 0 Å². The Morgan fingerprint density at radius 1 is 1.50 bits per heavy atom. The minimum Gasteiger partial charge on any atom is -0.379 e. The van der Waals surface area contributed by atoms with Crippen LogP contribution in [0.4, 0.5) is 0 Å².